The van der Waals surface area contributed by atoms with Crippen molar-refractivity contribution in [2.24, 2.45) is 0 Å². The number of morpholine rings is 1. The van der Waals surface area contributed by atoms with Gasteiger partial charge < -0.3 is 19.5 Å². The summed E-state index contributed by atoms with van der Waals surface area (Å²) in [6.45, 7) is 7.16. The van der Waals surface area contributed by atoms with Crippen LogP contribution in [-0.4, -0.2) is 56.9 Å². The Labute approximate surface area is 177 Å². The Balaban J connectivity index is 1.44. The van der Waals surface area contributed by atoms with E-state index in [1.54, 1.807) is 12.2 Å². The van der Waals surface area contributed by atoms with Crippen LogP contribution in [0.1, 0.15) is 22.7 Å². The summed E-state index contributed by atoms with van der Waals surface area (Å²) < 4.78 is 16.6. The van der Waals surface area contributed by atoms with E-state index in [1.165, 1.54) is 5.56 Å². The zero-order valence-corrected chi connectivity index (χ0v) is 17.3. The van der Waals surface area contributed by atoms with Gasteiger partial charge in [0.15, 0.2) is 11.5 Å². The second-order valence-corrected chi connectivity index (χ2v) is 7.62. The number of hydrogen-bond acceptors (Lipinski definition) is 5. The van der Waals surface area contributed by atoms with Crippen LogP contribution in [0.15, 0.2) is 48.5 Å². The van der Waals surface area contributed by atoms with Crippen molar-refractivity contribution in [3.63, 3.8) is 0 Å². The predicted octanol–water partition coefficient (Wildman–Crippen LogP) is 2.97. The molecule has 2 aliphatic heterocycles. The van der Waals surface area contributed by atoms with Crippen LogP contribution in [0.3, 0.4) is 0 Å². The molecule has 0 saturated carbocycles. The summed E-state index contributed by atoms with van der Waals surface area (Å²) >= 11 is 0. The van der Waals surface area contributed by atoms with Crippen LogP contribution in [-0.2, 0) is 9.53 Å². The molecule has 2 aromatic rings. The lowest BCUT2D eigenvalue weighted by molar-refractivity contribution is -0.117. The topological polar surface area (TPSA) is 60.0 Å². The Bertz CT molecular complexity index is 889. The van der Waals surface area contributed by atoms with Crippen LogP contribution in [0.5, 0.6) is 11.5 Å². The van der Waals surface area contributed by atoms with Gasteiger partial charge >= 0.3 is 0 Å². The highest BCUT2D eigenvalue weighted by Gasteiger charge is 2.19. The molecule has 0 unspecified atom stereocenters. The first-order chi connectivity index (χ1) is 14.7. The number of benzene rings is 2. The monoisotopic (exact) mass is 408 g/mol. The number of hydrogen-bond donors (Lipinski definition) is 1. The van der Waals surface area contributed by atoms with E-state index in [-0.39, 0.29) is 11.9 Å². The van der Waals surface area contributed by atoms with Gasteiger partial charge in [0.25, 0.3) is 0 Å². The fraction of sp³-hybridized carbons (Fsp3) is 0.375. The fourth-order valence-corrected chi connectivity index (χ4v) is 3.63. The summed E-state index contributed by atoms with van der Waals surface area (Å²) in [5, 5.41) is 3.17. The SMILES string of the molecule is Cc1ccc([C@H](CN2CCOCC2)NC(=O)/C=C/c2ccc3c(c2)OCCO3)cc1. The first-order valence-corrected chi connectivity index (χ1v) is 10.4. The molecular formula is C24H28N2O4. The second kappa shape index (κ2) is 9.78. The molecule has 1 atom stereocenters. The lowest BCUT2D eigenvalue weighted by Crippen LogP contribution is -2.42. The number of fused-ring (bicyclic) bond motifs is 1. The molecule has 0 bridgehead atoms. The molecule has 30 heavy (non-hydrogen) atoms. The molecule has 2 aromatic carbocycles. The largest absolute Gasteiger partial charge is 0.486 e. The van der Waals surface area contributed by atoms with Crippen LogP contribution in [0.2, 0.25) is 0 Å². The first kappa shape index (κ1) is 20.4. The van der Waals surface area contributed by atoms with Gasteiger partial charge in [0, 0.05) is 25.7 Å². The van der Waals surface area contributed by atoms with Crippen molar-refractivity contribution >= 4 is 12.0 Å². The molecule has 4 rings (SSSR count). The second-order valence-electron chi connectivity index (χ2n) is 7.62. The van der Waals surface area contributed by atoms with Gasteiger partial charge in [-0.3, -0.25) is 9.69 Å². The molecule has 1 fully saturated rings. The van der Waals surface area contributed by atoms with E-state index in [0.29, 0.717) is 19.0 Å². The molecule has 2 aliphatic rings. The molecule has 0 aliphatic carbocycles. The maximum Gasteiger partial charge on any atom is 0.244 e. The average molecular weight is 408 g/mol. The van der Waals surface area contributed by atoms with Gasteiger partial charge in [-0.1, -0.05) is 35.9 Å². The van der Waals surface area contributed by atoms with Crippen LogP contribution in [0.4, 0.5) is 0 Å². The quantitative estimate of drug-likeness (QED) is 0.745. The van der Waals surface area contributed by atoms with Gasteiger partial charge in [0.05, 0.1) is 19.3 Å². The maximum absolute atomic E-state index is 12.7. The van der Waals surface area contributed by atoms with E-state index in [9.17, 15) is 4.79 Å². The molecular weight excluding hydrogens is 380 g/mol. The normalized spacial score (nSPS) is 17.6. The van der Waals surface area contributed by atoms with Crippen molar-refractivity contribution in [1.82, 2.24) is 10.2 Å². The molecule has 1 amide bonds. The number of amides is 1. The number of nitrogens with zero attached hydrogens (tertiary/aromatic N) is 1. The Morgan fingerprint density at radius 2 is 1.77 bits per heavy atom. The molecule has 1 N–H and O–H groups in total. The maximum atomic E-state index is 12.7. The summed E-state index contributed by atoms with van der Waals surface area (Å²) in [6.07, 6.45) is 3.38. The number of nitrogens with one attached hydrogen (secondary N) is 1. The highest BCUT2D eigenvalue weighted by atomic mass is 16.6. The fourth-order valence-electron chi connectivity index (χ4n) is 3.63. The standard InChI is InChI=1S/C24H28N2O4/c1-18-2-6-20(7-3-18)21(17-26-10-12-28-13-11-26)25-24(27)9-5-19-4-8-22-23(16-19)30-15-14-29-22/h2-9,16,21H,10-15,17H2,1H3,(H,25,27)/b9-5+/t21-/m0/s1. The molecule has 0 radical (unpaired) electrons. The summed E-state index contributed by atoms with van der Waals surface area (Å²) in [7, 11) is 0. The zero-order chi connectivity index (χ0) is 20.8. The Hall–Kier alpha value is -2.83. The lowest BCUT2D eigenvalue weighted by Gasteiger charge is -2.31. The number of carbonyl (C=O) groups is 1. The number of aryl methyl sites for hydroxylation is 1. The molecule has 6 nitrogen and oxygen atoms in total. The van der Waals surface area contributed by atoms with Gasteiger partial charge in [0.1, 0.15) is 13.2 Å². The molecule has 2 heterocycles. The minimum atomic E-state index is -0.122. The van der Waals surface area contributed by atoms with Gasteiger partial charge in [-0.15, -0.1) is 0 Å². The summed E-state index contributed by atoms with van der Waals surface area (Å²) in [4.78, 5) is 15.0. The van der Waals surface area contributed by atoms with Gasteiger partial charge in [0.2, 0.25) is 5.91 Å². The summed E-state index contributed by atoms with van der Waals surface area (Å²) in [5.41, 5.74) is 3.20. The van der Waals surface area contributed by atoms with E-state index < -0.39 is 0 Å². The predicted molar refractivity (Wildman–Crippen MR) is 116 cm³/mol. The Morgan fingerprint density at radius 3 is 2.53 bits per heavy atom. The van der Waals surface area contributed by atoms with Crippen molar-refractivity contribution in [1.29, 1.82) is 0 Å². The van der Waals surface area contributed by atoms with E-state index >= 15 is 0 Å². The van der Waals surface area contributed by atoms with Crippen molar-refractivity contribution in [3.05, 3.63) is 65.2 Å². The van der Waals surface area contributed by atoms with Crippen LogP contribution in [0.25, 0.3) is 6.08 Å². The molecule has 6 heteroatoms. The average Bonchev–Trinajstić information content (AvgIpc) is 2.78. The van der Waals surface area contributed by atoms with Crippen molar-refractivity contribution in [2.75, 3.05) is 46.1 Å². The first-order valence-electron chi connectivity index (χ1n) is 10.4. The van der Waals surface area contributed by atoms with Crippen molar-refractivity contribution < 1.29 is 19.0 Å². The van der Waals surface area contributed by atoms with Gasteiger partial charge in [-0.25, -0.2) is 0 Å². The Kier molecular flexibility index (Phi) is 6.67. The third kappa shape index (κ3) is 5.40. The smallest absolute Gasteiger partial charge is 0.244 e. The lowest BCUT2D eigenvalue weighted by atomic mass is 10.0. The molecule has 158 valence electrons. The highest BCUT2D eigenvalue weighted by Crippen LogP contribution is 2.31. The molecule has 0 aromatic heterocycles. The van der Waals surface area contributed by atoms with Gasteiger partial charge in [-0.05, 0) is 36.3 Å². The van der Waals surface area contributed by atoms with Crippen LogP contribution < -0.4 is 14.8 Å². The van der Waals surface area contributed by atoms with E-state index in [2.05, 4.69) is 41.4 Å². The van der Waals surface area contributed by atoms with E-state index in [0.717, 1.165) is 49.7 Å². The van der Waals surface area contributed by atoms with Crippen molar-refractivity contribution in [3.8, 4) is 11.5 Å². The highest BCUT2D eigenvalue weighted by molar-refractivity contribution is 5.92. The van der Waals surface area contributed by atoms with Crippen molar-refractivity contribution in [2.45, 2.75) is 13.0 Å². The van der Waals surface area contributed by atoms with Gasteiger partial charge in [-0.2, -0.15) is 0 Å². The minimum absolute atomic E-state index is 0.0823. The number of rotatable bonds is 6. The molecule has 1 saturated heterocycles. The zero-order valence-electron chi connectivity index (χ0n) is 17.3. The third-order valence-corrected chi connectivity index (χ3v) is 5.33. The minimum Gasteiger partial charge on any atom is -0.486 e. The molecule has 0 spiro atoms. The number of ether oxygens (including phenoxy) is 3. The summed E-state index contributed by atoms with van der Waals surface area (Å²) in [6, 6.07) is 13.9. The van der Waals surface area contributed by atoms with Crippen LogP contribution >= 0.6 is 0 Å². The van der Waals surface area contributed by atoms with Crippen LogP contribution in [0, 0.1) is 6.92 Å². The van der Waals surface area contributed by atoms with E-state index in [1.807, 2.05) is 18.2 Å². The summed E-state index contributed by atoms with van der Waals surface area (Å²) in [5.74, 6) is 1.34. The third-order valence-electron chi connectivity index (χ3n) is 5.33. The van der Waals surface area contributed by atoms with E-state index in [4.69, 9.17) is 14.2 Å². The Morgan fingerprint density at radius 1 is 1.03 bits per heavy atom. The number of carbonyl (C=O) groups excluding carboxylic acids is 1.